The van der Waals surface area contributed by atoms with Gasteiger partial charge >= 0.3 is 5.97 Å². The number of fused-ring (bicyclic) bond motifs is 4. The summed E-state index contributed by atoms with van der Waals surface area (Å²) >= 11 is 0. The van der Waals surface area contributed by atoms with Gasteiger partial charge in [0.2, 0.25) is 0 Å². The fraction of sp³-hybridized carbons (Fsp3) is 0.731. The first-order valence-corrected chi connectivity index (χ1v) is 12.3. The second kappa shape index (κ2) is 7.10. The maximum atomic E-state index is 13.1. The van der Waals surface area contributed by atoms with Crippen LogP contribution in [0.3, 0.4) is 0 Å². The molecule has 7 atom stereocenters. The Morgan fingerprint density at radius 1 is 1.31 bits per heavy atom. The lowest BCUT2D eigenvalue weighted by Crippen LogP contribution is -2.51. The summed E-state index contributed by atoms with van der Waals surface area (Å²) in [6, 6.07) is 3.96. The van der Waals surface area contributed by atoms with Gasteiger partial charge in [0.15, 0.2) is 11.5 Å². The van der Waals surface area contributed by atoms with Crippen molar-refractivity contribution >= 4 is 5.97 Å². The number of phenolic OH excluding ortho intramolecular Hbond substituents is 1. The molecule has 1 spiro atoms. The van der Waals surface area contributed by atoms with Crippen molar-refractivity contribution in [3.63, 3.8) is 0 Å². The number of rotatable bonds is 3. The molecule has 0 bridgehead atoms. The van der Waals surface area contributed by atoms with Gasteiger partial charge in [-0.25, -0.2) is 0 Å². The summed E-state index contributed by atoms with van der Waals surface area (Å²) < 4.78 is 17.4. The molecule has 6 rings (SSSR count). The molecule has 6 heteroatoms. The van der Waals surface area contributed by atoms with Gasteiger partial charge in [-0.2, -0.15) is 0 Å². The quantitative estimate of drug-likeness (QED) is 0.568. The lowest BCUT2D eigenvalue weighted by Gasteiger charge is -2.51. The van der Waals surface area contributed by atoms with E-state index in [9.17, 15) is 9.90 Å². The molecule has 3 aliphatic heterocycles. The Morgan fingerprint density at radius 2 is 2.12 bits per heavy atom. The van der Waals surface area contributed by atoms with Crippen LogP contribution in [0.4, 0.5) is 0 Å². The van der Waals surface area contributed by atoms with Gasteiger partial charge in [0.25, 0.3) is 0 Å². The van der Waals surface area contributed by atoms with E-state index in [1.165, 1.54) is 30.4 Å². The van der Waals surface area contributed by atoms with Crippen molar-refractivity contribution in [1.82, 2.24) is 4.90 Å². The number of nitrogens with zero attached hydrogens (tertiary/aromatic N) is 1. The number of carbonyl (C=O) groups is 1. The van der Waals surface area contributed by atoms with Gasteiger partial charge in [0.1, 0.15) is 6.10 Å². The number of epoxide rings is 1. The molecule has 0 amide bonds. The van der Waals surface area contributed by atoms with E-state index in [1.807, 2.05) is 12.1 Å². The zero-order valence-electron chi connectivity index (χ0n) is 19.4. The number of esters is 1. The fourth-order valence-electron chi connectivity index (χ4n) is 7.72. The van der Waals surface area contributed by atoms with Gasteiger partial charge < -0.3 is 19.3 Å². The molecule has 0 aromatic heterocycles. The van der Waals surface area contributed by atoms with E-state index in [-0.39, 0.29) is 40.8 Å². The molecule has 1 aromatic carbocycles. The van der Waals surface area contributed by atoms with E-state index < -0.39 is 0 Å². The Morgan fingerprint density at radius 3 is 2.88 bits per heavy atom. The van der Waals surface area contributed by atoms with E-state index in [2.05, 4.69) is 18.7 Å². The van der Waals surface area contributed by atoms with Crippen molar-refractivity contribution in [1.29, 1.82) is 0 Å². The number of carbonyl (C=O) groups excluding carboxylic acids is 1. The minimum atomic E-state index is -0.0645. The van der Waals surface area contributed by atoms with E-state index in [1.54, 1.807) is 7.11 Å². The summed E-state index contributed by atoms with van der Waals surface area (Å²) in [5, 5.41) is 10.2. The summed E-state index contributed by atoms with van der Waals surface area (Å²) in [7, 11) is 1.58. The highest BCUT2D eigenvalue weighted by Crippen LogP contribution is 2.63. The van der Waals surface area contributed by atoms with Gasteiger partial charge in [0, 0.05) is 25.0 Å². The van der Waals surface area contributed by atoms with E-state index >= 15 is 0 Å². The minimum absolute atomic E-state index is 0.00528. The number of hydrogen-bond donors (Lipinski definition) is 1. The van der Waals surface area contributed by atoms with Crippen molar-refractivity contribution in [3.8, 4) is 11.5 Å². The summed E-state index contributed by atoms with van der Waals surface area (Å²) in [5.41, 5.74) is 2.68. The van der Waals surface area contributed by atoms with Crippen LogP contribution < -0.4 is 4.74 Å². The van der Waals surface area contributed by atoms with Crippen molar-refractivity contribution in [3.05, 3.63) is 23.3 Å². The first-order chi connectivity index (χ1) is 15.3. The Labute approximate surface area is 190 Å². The van der Waals surface area contributed by atoms with Crippen LogP contribution in [0.25, 0.3) is 0 Å². The predicted molar refractivity (Wildman–Crippen MR) is 119 cm³/mol. The molecular formula is C26H35NO5. The summed E-state index contributed by atoms with van der Waals surface area (Å²) in [6.45, 7) is 7.12. The van der Waals surface area contributed by atoms with Crippen molar-refractivity contribution in [2.24, 2.45) is 23.2 Å². The second-order valence-corrected chi connectivity index (χ2v) is 11.2. The molecule has 2 saturated heterocycles. The summed E-state index contributed by atoms with van der Waals surface area (Å²) in [6.07, 6.45) is 6.60. The monoisotopic (exact) mass is 441 g/mol. The summed E-state index contributed by atoms with van der Waals surface area (Å²) in [4.78, 5) is 15.5. The number of hydrogen-bond acceptors (Lipinski definition) is 6. The maximum absolute atomic E-state index is 13.1. The van der Waals surface area contributed by atoms with E-state index in [0.29, 0.717) is 17.6 Å². The molecular weight excluding hydrogens is 406 g/mol. The molecule has 174 valence electrons. The summed E-state index contributed by atoms with van der Waals surface area (Å²) in [5.74, 6) is 1.48. The number of benzene rings is 1. The molecule has 0 radical (unpaired) electrons. The highest BCUT2D eigenvalue weighted by atomic mass is 16.6. The normalized spacial score (nSPS) is 42.7. The molecule has 1 aromatic rings. The number of phenols is 1. The van der Waals surface area contributed by atoms with Crippen LogP contribution in [-0.4, -0.2) is 54.5 Å². The average molecular weight is 442 g/mol. The van der Waals surface area contributed by atoms with Crippen molar-refractivity contribution in [2.75, 3.05) is 26.8 Å². The third-order valence-corrected chi connectivity index (χ3v) is 9.62. The lowest BCUT2D eigenvalue weighted by molar-refractivity contribution is -0.147. The van der Waals surface area contributed by atoms with Crippen LogP contribution in [0.15, 0.2) is 12.1 Å². The first-order valence-electron chi connectivity index (χ1n) is 12.3. The first kappa shape index (κ1) is 20.8. The van der Waals surface area contributed by atoms with Gasteiger partial charge in [-0.1, -0.05) is 6.92 Å². The Kier molecular flexibility index (Phi) is 4.61. The maximum Gasteiger partial charge on any atom is 0.310 e. The molecule has 32 heavy (non-hydrogen) atoms. The van der Waals surface area contributed by atoms with Crippen LogP contribution in [0.5, 0.6) is 11.5 Å². The molecule has 3 heterocycles. The molecule has 4 fully saturated rings. The highest BCUT2D eigenvalue weighted by Gasteiger charge is 2.65. The molecule has 5 aliphatic rings. The standard InChI is InChI=1S/C26H35NO5/c1-15-17-10-21(30-3)20(28)9-16(17)5-8-27(15)13-19-18-11-23-25(2,12-22(18)32-24(19)29)6-4-7-26(23)14-31-26/h9-10,15,18-19,22-23,28H,4-8,11-14H2,1-3H3. The fourth-order valence-corrected chi connectivity index (χ4v) is 7.72. The Bertz CT molecular complexity index is 942. The molecule has 2 aliphatic carbocycles. The van der Waals surface area contributed by atoms with Crippen molar-refractivity contribution < 1.29 is 24.1 Å². The topological polar surface area (TPSA) is 71.5 Å². The third-order valence-electron chi connectivity index (χ3n) is 9.62. The minimum Gasteiger partial charge on any atom is -0.504 e. The Balaban J connectivity index is 1.23. The predicted octanol–water partition coefficient (Wildman–Crippen LogP) is 3.85. The average Bonchev–Trinajstić information content (AvgIpc) is 3.46. The molecule has 1 N–H and O–H groups in total. The largest absolute Gasteiger partial charge is 0.504 e. The van der Waals surface area contributed by atoms with Gasteiger partial charge in [0.05, 0.1) is 25.2 Å². The van der Waals surface area contributed by atoms with Gasteiger partial charge in [-0.05, 0) is 80.0 Å². The van der Waals surface area contributed by atoms with E-state index in [0.717, 1.165) is 39.0 Å². The van der Waals surface area contributed by atoms with E-state index in [4.69, 9.17) is 14.2 Å². The van der Waals surface area contributed by atoms with Gasteiger partial charge in [-0.3, -0.25) is 9.69 Å². The second-order valence-electron chi connectivity index (χ2n) is 11.2. The molecule has 7 unspecified atom stereocenters. The van der Waals surface area contributed by atoms with Crippen LogP contribution in [0.1, 0.15) is 63.1 Å². The molecule has 6 nitrogen and oxygen atoms in total. The van der Waals surface area contributed by atoms with Gasteiger partial charge in [-0.15, -0.1) is 0 Å². The SMILES string of the molecule is COc1cc2c(cc1O)CCN(CC1C(=O)OC3CC4(C)CCCC5(CO5)C4CC31)C2C. The highest BCUT2D eigenvalue weighted by molar-refractivity contribution is 5.75. The third kappa shape index (κ3) is 3.02. The van der Waals surface area contributed by atoms with Crippen molar-refractivity contribution in [2.45, 2.75) is 70.1 Å². The number of methoxy groups -OCH3 is 1. The Hall–Kier alpha value is -1.79. The zero-order valence-corrected chi connectivity index (χ0v) is 19.4. The van der Waals surface area contributed by atoms with Crippen LogP contribution in [-0.2, 0) is 20.7 Å². The molecule has 2 saturated carbocycles. The van der Waals surface area contributed by atoms with Crippen LogP contribution in [0.2, 0.25) is 0 Å². The number of ether oxygens (including phenoxy) is 3. The van der Waals surface area contributed by atoms with Crippen LogP contribution in [0, 0.1) is 23.2 Å². The van der Waals surface area contributed by atoms with Crippen LogP contribution >= 0.6 is 0 Å². The smallest absolute Gasteiger partial charge is 0.310 e. The number of aromatic hydroxyl groups is 1. The zero-order chi connectivity index (χ0) is 22.3. The lowest BCUT2D eigenvalue weighted by atomic mass is 9.53.